The van der Waals surface area contributed by atoms with E-state index in [0.717, 1.165) is 33.2 Å². The highest BCUT2D eigenvalue weighted by Gasteiger charge is 2.13. The number of aromatic nitrogens is 1. The molecule has 0 aliphatic carbocycles. The molecule has 6 heteroatoms. The molecule has 0 bridgehead atoms. The van der Waals surface area contributed by atoms with Gasteiger partial charge in [0.25, 0.3) is 5.91 Å². The summed E-state index contributed by atoms with van der Waals surface area (Å²) in [5.41, 5.74) is 6.82. The first-order chi connectivity index (χ1) is 17.9. The minimum atomic E-state index is -0.419. The third-order valence-corrected chi connectivity index (χ3v) is 6.29. The first kappa shape index (κ1) is 22.5. The fourth-order valence-electron chi connectivity index (χ4n) is 4.50. The van der Waals surface area contributed by atoms with Crippen LogP contribution in [-0.2, 0) is 0 Å². The normalized spacial score (nSPS) is 11.2. The van der Waals surface area contributed by atoms with Crippen molar-refractivity contribution in [3.8, 4) is 22.6 Å². The Hall–Kier alpha value is -4.97. The minimum absolute atomic E-state index is 0.265. The van der Waals surface area contributed by atoms with Crippen LogP contribution < -0.4 is 10.9 Å². The molecule has 0 radical (unpaired) electrons. The average Bonchev–Trinajstić information content (AvgIpc) is 3.33. The standard InChI is InChI=1S/C31H22N2O4/c1-18-14-19(2)28-26(15-18)33-30(37-28)23-7-5-8-24(16-23)32-29(34)21-12-10-20(11-13-21)25-17-22-6-3-4-9-27(22)36-31(25)35/h3-17H,1-2H3,(H,32,34). The maximum absolute atomic E-state index is 12.9. The summed E-state index contributed by atoms with van der Waals surface area (Å²) in [6, 6.07) is 27.5. The van der Waals surface area contributed by atoms with Gasteiger partial charge in [0.2, 0.25) is 5.89 Å². The van der Waals surface area contributed by atoms with Gasteiger partial charge in [-0.3, -0.25) is 4.79 Å². The van der Waals surface area contributed by atoms with Crippen LogP contribution in [-0.4, -0.2) is 10.9 Å². The van der Waals surface area contributed by atoms with E-state index in [0.29, 0.717) is 33.9 Å². The van der Waals surface area contributed by atoms with Gasteiger partial charge in [-0.05, 0) is 79.1 Å². The van der Waals surface area contributed by atoms with Gasteiger partial charge in [0.1, 0.15) is 11.1 Å². The van der Waals surface area contributed by atoms with Crippen LogP contribution in [0.2, 0.25) is 0 Å². The number of anilines is 1. The molecule has 0 atom stereocenters. The van der Waals surface area contributed by atoms with Crippen LogP contribution in [0.5, 0.6) is 0 Å². The number of rotatable bonds is 4. The Bertz CT molecular complexity index is 1860. The molecule has 1 N–H and O–H groups in total. The van der Waals surface area contributed by atoms with Gasteiger partial charge < -0.3 is 14.2 Å². The summed E-state index contributed by atoms with van der Waals surface area (Å²) in [7, 11) is 0. The number of hydrogen-bond donors (Lipinski definition) is 1. The van der Waals surface area contributed by atoms with Crippen LogP contribution in [0.4, 0.5) is 5.69 Å². The van der Waals surface area contributed by atoms with Crippen molar-refractivity contribution < 1.29 is 13.6 Å². The maximum atomic E-state index is 12.9. The average molecular weight is 487 g/mol. The highest BCUT2D eigenvalue weighted by Crippen LogP contribution is 2.29. The summed E-state index contributed by atoms with van der Waals surface area (Å²) < 4.78 is 11.5. The van der Waals surface area contributed by atoms with Gasteiger partial charge in [-0.25, -0.2) is 9.78 Å². The van der Waals surface area contributed by atoms with Gasteiger partial charge >= 0.3 is 5.63 Å². The summed E-state index contributed by atoms with van der Waals surface area (Å²) in [6.45, 7) is 4.03. The number of amides is 1. The molecule has 2 aromatic heterocycles. The first-order valence-electron chi connectivity index (χ1n) is 11.9. The number of oxazole rings is 1. The van der Waals surface area contributed by atoms with E-state index in [9.17, 15) is 9.59 Å². The molecule has 1 amide bonds. The van der Waals surface area contributed by atoms with Crippen molar-refractivity contribution in [3.05, 3.63) is 118 Å². The van der Waals surface area contributed by atoms with Gasteiger partial charge in [0, 0.05) is 22.2 Å². The lowest BCUT2D eigenvalue weighted by Gasteiger charge is -2.08. The van der Waals surface area contributed by atoms with Crippen LogP contribution in [0, 0.1) is 13.8 Å². The van der Waals surface area contributed by atoms with E-state index in [4.69, 9.17) is 8.83 Å². The minimum Gasteiger partial charge on any atom is -0.436 e. The highest BCUT2D eigenvalue weighted by atomic mass is 16.4. The zero-order valence-corrected chi connectivity index (χ0v) is 20.2. The molecule has 6 rings (SSSR count). The topological polar surface area (TPSA) is 85.3 Å². The fraction of sp³-hybridized carbons (Fsp3) is 0.0645. The molecule has 4 aromatic carbocycles. The Morgan fingerprint density at radius 1 is 0.811 bits per heavy atom. The number of hydrogen-bond acceptors (Lipinski definition) is 5. The van der Waals surface area contributed by atoms with Crippen molar-refractivity contribution in [2.75, 3.05) is 5.32 Å². The lowest BCUT2D eigenvalue weighted by molar-refractivity contribution is 0.102. The number of benzene rings is 4. The molecule has 0 spiro atoms. The van der Waals surface area contributed by atoms with E-state index in [1.54, 1.807) is 36.4 Å². The lowest BCUT2D eigenvalue weighted by atomic mass is 10.0. The van der Waals surface area contributed by atoms with Crippen LogP contribution in [0.1, 0.15) is 21.5 Å². The number of carbonyl (C=O) groups excluding carboxylic acids is 1. The Kier molecular flexibility index (Phi) is 5.42. The van der Waals surface area contributed by atoms with Crippen molar-refractivity contribution in [1.82, 2.24) is 4.98 Å². The Labute approximate surface area is 212 Å². The summed E-state index contributed by atoms with van der Waals surface area (Å²) in [4.78, 5) is 30.1. The fourth-order valence-corrected chi connectivity index (χ4v) is 4.50. The summed E-state index contributed by atoms with van der Waals surface area (Å²) in [6.07, 6.45) is 0. The molecular weight excluding hydrogens is 464 g/mol. The molecule has 37 heavy (non-hydrogen) atoms. The molecule has 0 saturated carbocycles. The van der Waals surface area contributed by atoms with Crippen molar-refractivity contribution in [2.45, 2.75) is 13.8 Å². The van der Waals surface area contributed by atoms with Crippen molar-refractivity contribution in [1.29, 1.82) is 0 Å². The van der Waals surface area contributed by atoms with Crippen molar-refractivity contribution in [3.63, 3.8) is 0 Å². The van der Waals surface area contributed by atoms with Gasteiger partial charge in [-0.2, -0.15) is 0 Å². The summed E-state index contributed by atoms with van der Waals surface area (Å²) in [5, 5.41) is 3.76. The van der Waals surface area contributed by atoms with E-state index in [2.05, 4.69) is 16.4 Å². The number of para-hydroxylation sites is 1. The second-order valence-electron chi connectivity index (χ2n) is 9.05. The molecule has 0 aliphatic heterocycles. The van der Waals surface area contributed by atoms with Crippen LogP contribution in [0.3, 0.4) is 0 Å². The van der Waals surface area contributed by atoms with E-state index in [1.807, 2.05) is 62.4 Å². The number of nitrogens with one attached hydrogen (secondary N) is 1. The predicted octanol–water partition coefficient (Wildman–Crippen LogP) is 7.14. The summed E-state index contributed by atoms with van der Waals surface area (Å²) in [5.74, 6) is 0.233. The molecular formula is C31H22N2O4. The summed E-state index contributed by atoms with van der Waals surface area (Å²) >= 11 is 0. The van der Waals surface area contributed by atoms with Crippen LogP contribution in [0.25, 0.3) is 44.7 Å². The molecule has 0 saturated heterocycles. The van der Waals surface area contributed by atoms with Crippen molar-refractivity contribution >= 4 is 33.7 Å². The Morgan fingerprint density at radius 2 is 1.62 bits per heavy atom. The SMILES string of the molecule is Cc1cc(C)c2oc(-c3cccc(NC(=O)c4ccc(-c5cc6ccccc6oc5=O)cc4)c3)nc2c1. The van der Waals surface area contributed by atoms with Gasteiger partial charge in [-0.1, -0.05) is 42.5 Å². The second kappa shape index (κ2) is 8.91. The van der Waals surface area contributed by atoms with E-state index >= 15 is 0 Å². The van der Waals surface area contributed by atoms with E-state index < -0.39 is 5.63 Å². The second-order valence-corrected chi connectivity index (χ2v) is 9.05. The quantitative estimate of drug-likeness (QED) is 0.268. The van der Waals surface area contributed by atoms with E-state index in [1.165, 1.54) is 0 Å². The van der Waals surface area contributed by atoms with Crippen LogP contribution in [0.15, 0.2) is 105 Å². The van der Waals surface area contributed by atoms with Gasteiger partial charge in [0.15, 0.2) is 5.58 Å². The molecule has 6 nitrogen and oxygen atoms in total. The third-order valence-electron chi connectivity index (χ3n) is 6.29. The molecule has 0 fully saturated rings. The highest BCUT2D eigenvalue weighted by molar-refractivity contribution is 6.04. The molecule has 180 valence electrons. The predicted molar refractivity (Wildman–Crippen MR) is 145 cm³/mol. The number of carbonyl (C=O) groups is 1. The molecule has 0 aliphatic rings. The van der Waals surface area contributed by atoms with Gasteiger partial charge in [-0.15, -0.1) is 0 Å². The number of nitrogens with zero attached hydrogens (tertiary/aromatic N) is 1. The largest absolute Gasteiger partial charge is 0.436 e. The Balaban J connectivity index is 1.24. The molecule has 6 aromatic rings. The number of aryl methyl sites for hydroxylation is 2. The monoisotopic (exact) mass is 486 g/mol. The van der Waals surface area contributed by atoms with Crippen molar-refractivity contribution in [2.24, 2.45) is 0 Å². The van der Waals surface area contributed by atoms with E-state index in [-0.39, 0.29) is 5.91 Å². The number of fused-ring (bicyclic) bond motifs is 2. The smallest absolute Gasteiger partial charge is 0.344 e. The van der Waals surface area contributed by atoms with Crippen LogP contribution >= 0.6 is 0 Å². The Morgan fingerprint density at radius 3 is 2.46 bits per heavy atom. The zero-order chi connectivity index (χ0) is 25.5. The third kappa shape index (κ3) is 4.29. The zero-order valence-electron chi connectivity index (χ0n) is 20.2. The molecule has 2 heterocycles. The first-order valence-corrected chi connectivity index (χ1v) is 11.9. The van der Waals surface area contributed by atoms with Gasteiger partial charge in [0.05, 0.1) is 5.56 Å². The molecule has 0 unspecified atom stereocenters. The lowest BCUT2D eigenvalue weighted by Crippen LogP contribution is -2.12. The maximum Gasteiger partial charge on any atom is 0.344 e.